The molecular formula is C28H30F2N6OS. The number of likely N-dealkylation sites (tertiary alicyclic amines) is 1. The Labute approximate surface area is 224 Å². The molecule has 1 N–H and O–H groups in total. The van der Waals surface area contributed by atoms with Gasteiger partial charge in [0.25, 0.3) is 0 Å². The predicted molar refractivity (Wildman–Crippen MR) is 148 cm³/mol. The van der Waals surface area contributed by atoms with Crippen molar-refractivity contribution in [3.63, 3.8) is 0 Å². The average molecular weight is 537 g/mol. The number of aromatic nitrogens is 3. The van der Waals surface area contributed by atoms with Gasteiger partial charge in [-0.25, -0.2) is 23.7 Å². The third-order valence-corrected chi connectivity index (χ3v) is 8.48. The van der Waals surface area contributed by atoms with Crippen molar-refractivity contribution in [2.45, 2.75) is 38.6 Å². The van der Waals surface area contributed by atoms with Crippen molar-refractivity contribution < 1.29 is 13.5 Å². The van der Waals surface area contributed by atoms with Crippen LogP contribution < -0.4 is 15.0 Å². The highest BCUT2D eigenvalue weighted by Gasteiger charge is 2.26. The van der Waals surface area contributed by atoms with Gasteiger partial charge in [0.1, 0.15) is 12.3 Å². The van der Waals surface area contributed by atoms with Crippen LogP contribution in [0.25, 0.3) is 21.5 Å². The Morgan fingerprint density at radius 1 is 1.05 bits per heavy atom. The number of thiazole rings is 1. The first kappa shape index (κ1) is 24.9. The van der Waals surface area contributed by atoms with E-state index in [1.165, 1.54) is 11.1 Å². The Bertz CT molecular complexity index is 1480. The molecule has 0 atom stereocenters. The maximum atomic E-state index is 15.0. The summed E-state index contributed by atoms with van der Waals surface area (Å²) in [7, 11) is 2.16. The molecule has 1 saturated heterocycles. The number of nitrogens with one attached hydrogen (secondary N) is 1. The quantitative estimate of drug-likeness (QED) is 0.326. The molecule has 0 bridgehead atoms. The van der Waals surface area contributed by atoms with Crippen LogP contribution >= 0.6 is 11.3 Å². The zero-order valence-corrected chi connectivity index (χ0v) is 22.5. The molecule has 2 aliphatic heterocycles. The lowest BCUT2D eigenvalue weighted by Crippen LogP contribution is -2.38. The van der Waals surface area contributed by atoms with E-state index < -0.39 is 11.6 Å². The number of anilines is 3. The molecule has 0 radical (unpaired) electrons. The van der Waals surface area contributed by atoms with E-state index in [1.807, 2.05) is 36.9 Å². The summed E-state index contributed by atoms with van der Waals surface area (Å²) < 4.78 is 36.6. The van der Waals surface area contributed by atoms with Crippen molar-refractivity contribution >= 4 is 38.9 Å². The first-order valence-electron chi connectivity index (χ1n) is 13.0. The molecule has 7 nitrogen and oxygen atoms in total. The van der Waals surface area contributed by atoms with Crippen LogP contribution in [0.15, 0.2) is 36.5 Å². The molecule has 4 aromatic rings. The van der Waals surface area contributed by atoms with E-state index in [-0.39, 0.29) is 23.4 Å². The molecule has 0 spiro atoms. The second kappa shape index (κ2) is 10.1. The average Bonchev–Trinajstić information content (AvgIpc) is 3.33. The van der Waals surface area contributed by atoms with Crippen LogP contribution in [0.1, 0.15) is 37.6 Å². The molecule has 0 amide bonds. The number of fused-ring (bicyclic) bond motifs is 2. The minimum atomic E-state index is -0.625. The lowest BCUT2D eigenvalue weighted by molar-refractivity contribution is 0.255. The molecule has 198 valence electrons. The summed E-state index contributed by atoms with van der Waals surface area (Å²) in [6.45, 7) is 7.28. The number of ether oxygens (including phenoxy) is 1. The smallest absolute Gasteiger partial charge is 0.227 e. The van der Waals surface area contributed by atoms with Crippen LogP contribution in [0, 0.1) is 11.6 Å². The van der Waals surface area contributed by atoms with Gasteiger partial charge in [-0.05, 0) is 77.2 Å². The van der Waals surface area contributed by atoms with Crippen LogP contribution in [0.3, 0.4) is 0 Å². The normalized spacial score (nSPS) is 16.6. The number of benzene rings is 2. The van der Waals surface area contributed by atoms with Crippen molar-refractivity contribution in [3.8, 4) is 17.0 Å². The van der Waals surface area contributed by atoms with Crippen LogP contribution in [-0.4, -0.2) is 59.2 Å². The van der Waals surface area contributed by atoms with Gasteiger partial charge in [0, 0.05) is 23.2 Å². The molecule has 10 heteroatoms. The number of nitrogens with zero attached hydrogens (tertiary/aromatic N) is 5. The van der Waals surface area contributed by atoms with Crippen LogP contribution in [-0.2, 0) is 0 Å². The second-order valence-electron chi connectivity index (χ2n) is 10.3. The number of rotatable bonds is 5. The molecule has 4 heterocycles. The monoisotopic (exact) mass is 536 g/mol. The van der Waals surface area contributed by atoms with Gasteiger partial charge in [-0.2, -0.15) is 0 Å². The molecule has 0 aliphatic carbocycles. The first-order chi connectivity index (χ1) is 18.4. The number of hydrogen-bond acceptors (Lipinski definition) is 8. The van der Waals surface area contributed by atoms with Crippen molar-refractivity contribution in [3.05, 3.63) is 53.2 Å². The second-order valence-corrected chi connectivity index (χ2v) is 11.3. The van der Waals surface area contributed by atoms with E-state index in [0.717, 1.165) is 48.0 Å². The van der Waals surface area contributed by atoms with Crippen LogP contribution in [0.2, 0.25) is 0 Å². The summed E-state index contributed by atoms with van der Waals surface area (Å²) in [6, 6.07) is 9.09. The Hall–Kier alpha value is -3.37. The summed E-state index contributed by atoms with van der Waals surface area (Å²) in [5.41, 5.74) is 2.63. The van der Waals surface area contributed by atoms with E-state index in [9.17, 15) is 8.78 Å². The van der Waals surface area contributed by atoms with Gasteiger partial charge in [0.2, 0.25) is 5.95 Å². The lowest BCUT2D eigenvalue weighted by atomic mass is 9.98. The zero-order valence-electron chi connectivity index (χ0n) is 21.7. The van der Waals surface area contributed by atoms with Crippen molar-refractivity contribution in [1.29, 1.82) is 0 Å². The highest BCUT2D eigenvalue weighted by molar-refractivity contribution is 7.18. The van der Waals surface area contributed by atoms with Crippen molar-refractivity contribution in [2.75, 3.05) is 43.5 Å². The van der Waals surface area contributed by atoms with Crippen molar-refractivity contribution in [1.82, 2.24) is 19.9 Å². The van der Waals surface area contributed by atoms with Crippen LogP contribution in [0.5, 0.6) is 5.75 Å². The number of hydrogen-bond donors (Lipinski definition) is 1. The molecule has 6 rings (SSSR count). The molecule has 38 heavy (non-hydrogen) atoms. The largest absolute Gasteiger partial charge is 0.486 e. The Balaban J connectivity index is 1.28. The Morgan fingerprint density at radius 2 is 1.87 bits per heavy atom. The third kappa shape index (κ3) is 4.78. The van der Waals surface area contributed by atoms with Crippen LogP contribution in [0.4, 0.5) is 26.1 Å². The molecule has 0 saturated carbocycles. The molecule has 0 unspecified atom stereocenters. The van der Waals surface area contributed by atoms with Gasteiger partial charge in [0.05, 0.1) is 33.7 Å². The third-order valence-electron chi connectivity index (χ3n) is 7.28. The van der Waals surface area contributed by atoms with Gasteiger partial charge >= 0.3 is 0 Å². The van der Waals surface area contributed by atoms with E-state index in [0.29, 0.717) is 30.3 Å². The number of halogens is 2. The molecule has 2 aliphatic rings. The van der Waals surface area contributed by atoms with Gasteiger partial charge in [-0.15, -0.1) is 11.3 Å². The summed E-state index contributed by atoms with van der Waals surface area (Å²) in [5, 5.41) is 4.35. The van der Waals surface area contributed by atoms with E-state index in [1.54, 1.807) is 17.4 Å². The van der Waals surface area contributed by atoms with Gasteiger partial charge < -0.3 is 19.9 Å². The van der Waals surface area contributed by atoms with E-state index in [4.69, 9.17) is 9.72 Å². The molecule has 1 fully saturated rings. The minimum Gasteiger partial charge on any atom is -0.486 e. The lowest BCUT2D eigenvalue weighted by Gasteiger charge is -2.34. The highest BCUT2D eigenvalue weighted by Crippen LogP contribution is 2.40. The van der Waals surface area contributed by atoms with Gasteiger partial charge in [-0.1, -0.05) is 0 Å². The highest BCUT2D eigenvalue weighted by atomic mass is 32.1. The fourth-order valence-electron chi connectivity index (χ4n) is 5.19. The fourth-order valence-corrected chi connectivity index (χ4v) is 6.30. The topological polar surface area (TPSA) is 66.4 Å². The maximum Gasteiger partial charge on any atom is 0.227 e. The van der Waals surface area contributed by atoms with Crippen molar-refractivity contribution in [2.24, 2.45) is 0 Å². The standard InChI is InChI=1S/C28H30F2N6OS/c1-16(2)36-10-11-37-26-20(29)12-18(13-23(26)36)25-21(30)15-31-28(34-25)32-19-4-5-24-22(14-19)33-27(38-24)17-6-8-35(3)9-7-17/h4-5,12-17H,6-11H2,1-3H3,(H,31,32,34). The predicted octanol–water partition coefficient (Wildman–Crippen LogP) is 6.19. The summed E-state index contributed by atoms with van der Waals surface area (Å²) in [4.78, 5) is 17.9. The summed E-state index contributed by atoms with van der Waals surface area (Å²) in [5.74, 6) is -0.249. The van der Waals surface area contributed by atoms with E-state index >= 15 is 0 Å². The Kier molecular flexibility index (Phi) is 6.61. The molecular weight excluding hydrogens is 506 g/mol. The maximum absolute atomic E-state index is 15.0. The first-order valence-corrected chi connectivity index (χ1v) is 13.8. The molecule has 2 aromatic carbocycles. The Morgan fingerprint density at radius 3 is 2.66 bits per heavy atom. The minimum absolute atomic E-state index is 0.0257. The molecule has 2 aromatic heterocycles. The van der Waals surface area contributed by atoms with Gasteiger partial charge in [0.15, 0.2) is 17.4 Å². The SMILES string of the molecule is CC(C)N1CCOc2c(F)cc(-c3nc(Nc4ccc5sc(C6CCN(C)CC6)nc5c4)ncc3F)cc21. The number of piperidine rings is 1. The fraction of sp³-hybridized carbons (Fsp3) is 0.393. The zero-order chi connectivity index (χ0) is 26.4. The van der Waals surface area contributed by atoms with Gasteiger partial charge in [-0.3, -0.25) is 0 Å². The summed E-state index contributed by atoms with van der Waals surface area (Å²) >= 11 is 1.75. The summed E-state index contributed by atoms with van der Waals surface area (Å²) in [6.07, 6.45) is 3.36. The van der Waals surface area contributed by atoms with E-state index in [2.05, 4.69) is 27.2 Å².